The molecule has 1 aliphatic heterocycles. The van der Waals surface area contributed by atoms with Crippen LogP contribution in [0.15, 0.2) is 0 Å². The number of likely N-dealkylation sites (tertiary alicyclic amines) is 1. The largest absolute Gasteiger partial charge is 0.345 e. The number of carbonyl (C=O) groups excluding carboxylic acids is 2. The molecule has 3 nitrogen and oxygen atoms in total. The van der Waals surface area contributed by atoms with Crippen LogP contribution in [0, 0.1) is 5.41 Å². The minimum atomic E-state index is -0.406. The molecular weight excluding hydrogens is 142 g/mol. The van der Waals surface area contributed by atoms with Gasteiger partial charge in [-0.05, 0) is 6.42 Å². The van der Waals surface area contributed by atoms with Crippen LogP contribution < -0.4 is 0 Å². The number of rotatable bonds is 2. The van der Waals surface area contributed by atoms with Crippen LogP contribution in [0.2, 0.25) is 0 Å². The van der Waals surface area contributed by atoms with Gasteiger partial charge >= 0.3 is 0 Å². The number of hydrogen-bond acceptors (Lipinski definition) is 2. The second-order valence-electron chi connectivity index (χ2n) is 3.41. The van der Waals surface area contributed by atoms with E-state index in [2.05, 4.69) is 0 Å². The summed E-state index contributed by atoms with van der Waals surface area (Å²) in [5.74, 6) is 0.101. The Labute approximate surface area is 66.4 Å². The Morgan fingerprint density at radius 2 is 2.36 bits per heavy atom. The van der Waals surface area contributed by atoms with E-state index >= 15 is 0 Å². The Kier molecular flexibility index (Phi) is 1.98. The third-order valence-corrected chi connectivity index (χ3v) is 2.40. The van der Waals surface area contributed by atoms with Crippen LogP contribution in [-0.4, -0.2) is 30.7 Å². The molecule has 1 amide bonds. The fraction of sp³-hybridized carbons (Fsp3) is 0.750. The second kappa shape index (κ2) is 2.64. The van der Waals surface area contributed by atoms with Crippen molar-refractivity contribution in [1.29, 1.82) is 0 Å². The van der Waals surface area contributed by atoms with Crippen molar-refractivity contribution in [3.05, 3.63) is 0 Å². The maximum Gasteiger partial charge on any atom is 0.228 e. The van der Waals surface area contributed by atoms with Gasteiger partial charge in [0, 0.05) is 20.0 Å². The molecule has 0 aromatic heterocycles. The standard InChI is InChI=1S/C8H13NO2/c1-8(4-6-10)3-5-9(2)7(8)11/h6H,3-5H2,1-2H3. The average molecular weight is 155 g/mol. The van der Waals surface area contributed by atoms with Gasteiger partial charge < -0.3 is 9.69 Å². The number of nitrogens with zero attached hydrogens (tertiary/aromatic N) is 1. The molecule has 1 aliphatic rings. The minimum Gasteiger partial charge on any atom is -0.345 e. The normalized spacial score (nSPS) is 31.1. The molecule has 1 heterocycles. The summed E-state index contributed by atoms with van der Waals surface area (Å²) >= 11 is 0. The van der Waals surface area contributed by atoms with Crippen LogP contribution >= 0.6 is 0 Å². The number of hydrogen-bond donors (Lipinski definition) is 0. The Hall–Kier alpha value is -0.860. The van der Waals surface area contributed by atoms with Gasteiger partial charge in [-0.1, -0.05) is 6.92 Å². The lowest BCUT2D eigenvalue weighted by Crippen LogP contribution is -2.30. The van der Waals surface area contributed by atoms with Crippen LogP contribution in [0.4, 0.5) is 0 Å². The second-order valence-corrected chi connectivity index (χ2v) is 3.41. The lowest BCUT2D eigenvalue weighted by Gasteiger charge is -2.18. The van der Waals surface area contributed by atoms with Gasteiger partial charge in [-0.2, -0.15) is 0 Å². The fourth-order valence-electron chi connectivity index (χ4n) is 1.46. The summed E-state index contributed by atoms with van der Waals surface area (Å²) in [6.07, 6.45) is 1.99. The van der Waals surface area contributed by atoms with Crippen LogP contribution in [0.1, 0.15) is 19.8 Å². The number of aldehydes is 1. The molecule has 11 heavy (non-hydrogen) atoms. The summed E-state index contributed by atoms with van der Waals surface area (Å²) in [7, 11) is 1.78. The molecule has 0 spiro atoms. The van der Waals surface area contributed by atoms with Gasteiger partial charge in [0.15, 0.2) is 0 Å². The smallest absolute Gasteiger partial charge is 0.228 e. The summed E-state index contributed by atoms with van der Waals surface area (Å²) in [4.78, 5) is 23.3. The Morgan fingerprint density at radius 1 is 1.73 bits per heavy atom. The molecule has 1 atom stereocenters. The molecule has 0 aromatic rings. The number of carbonyl (C=O) groups is 2. The zero-order valence-electron chi connectivity index (χ0n) is 6.96. The first-order chi connectivity index (χ1) is 5.10. The molecule has 0 radical (unpaired) electrons. The van der Waals surface area contributed by atoms with Gasteiger partial charge in [0.2, 0.25) is 5.91 Å². The highest BCUT2D eigenvalue weighted by atomic mass is 16.2. The van der Waals surface area contributed by atoms with E-state index < -0.39 is 5.41 Å². The predicted molar refractivity (Wildman–Crippen MR) is 41.0 cm³/mol. The summed E-state index contributed by atoms with van der Waals surface area (Å²) in [6, 6.07) is 0. The van der Waals surface area contributed by atoms with Crippen molar-refractivity contribution < 1.29 is 9.59 Å². The molecule has 1 fully saturated rings. The number of amides is 1. The third kappa shape index (κ3) is 1.27. The lowest BCUT2D eigenvalue weighted by atomic mass is 9.86. The van der Waals surface area contributed by atoms with Gasteiger partial charge in [0.1, 0.15) is 6.29 Å². The molecule has 0 saturated carbocycles. The molecule has 0 N–H and O–H groups in total. The summed E-state index contributed by atoms with van der Waals surface area (Å²) < 4.78 is 0. The molecule has 1 unspecified atom stereocenters. The molecule has 1 rings (SSSR count). The average Bonchev–Trinajstić information content (AvgIpc) is 2.19. The van der Waals surface area contributed by atoms with Gasteiger partial charge in [-0.3, -0.25) is 4.79 Å². The van der Waals surface area contributed by atoms with Crippen molar-refractivity contribution in [2.24, 2.45) is 5.41 Å². The van der Waals surface area contributed by atoms with Gasteiger partial charge in [-0.15, -0.1) is 0 Å². The van der Waals surface area contributed by atoms with E-state index in [0.29, 0.717) is 6.42 Å². The van der Waals surface area contributed by atoms with E-state index in [1.807, 2.05) is 6.92 Å². The minimum absolute atomic E-state index is 0.101. The van der Waals surface area contributed by atoms with Crippen molar-refractivity contribution in [2.45, 2.75) is 19.8 Å². The van der Waals surface area contributed by atoms with Gasteiger partial charge in [0.05, 0.1) is 5.41 Å². The molecule has 62 valence electrons. The first kappa shape index (κ1) is 8.24. The topological polar surface area (TPSA) is 37.4 Å². The molecule has 0 aromatic carbocycles. The fourth-order valence-corrected chi connectivity index (χ4v) is 1.46. The summed E-state index contributed by atoms with van der Waals surface area (Å²) in [5, 5.41) is 0. The maximum atomic E-state index is 11.4. The zero-order valence-corrected chi connectivity index (χ0v) is 6.96. The van der Waals surface area contributed by atoms with Crippen molar-refractivity contribution >= 4 is 12.2 Å². The third-order valence-electron chi connectivity index (χ3n) is 2.40. The van der Waals surface area contributed by atoms with Gasteiger partial charge in [-0.25, -0.2) is 0 Å². The molecule has 1 saturated heterocycles. The van der Waals surface area contributed by atoms with Crippen molar-refractivity contribution in [1.82, 2.24) is 4.90 Å². The predicted octanol–water partition coefficient (Wildman–Crippen LogP) is 0.444. The van der Waals surface area contributed by atoms with Crippen LogP contribution in [0.25, 0.3) is 0 Å². The summed E-state index contributed by atoms with van der Waals surface area (Å²) in [5.41, 5.74) is -0.406. The van der Waals surface area contributed by atoms with Crippen LogP contribution in [0.3, 0.4) is 0 Å². The molecular formula is C8H13NO2. The quantitative estimate of drug-likeness (QED) is 0.543. The SMILES string of the molecule is CN1CCC(C)(CC=O)C1=O. The Bertz CT molecular complexity index is 191. The molecule has 0 aliphatic carbocycles. The highest BCUT2D eigenvalue weighted by molar-refractivity contribution is 5.86. The lowest BCUT2D eigenvalue weighted by molar-refractivity contribution is -0.135. The van der Waals surface area contributed by atoms with E-state index in [0.717, 1.165) is 19.3 Å². The van der Waals surface area contributed by atoms with Crippen molar-refractivity contribution in [2.75, 3.05) is 13.6 Å². The van der Waals surface area contributed by atoms with Crippen LogP contribution in [0.5, 0.6) is 0 Å². The zero-order chi connectivity index (χ0) is 8.48. The first-order valence-corrected chi connectivity index (χ1v) is 3.79. The molecule has 3 heteroatoms. The van der Waals surface area contributed by atoms with E-state index in [1.54, 1.807) is 11.9 Å². The Balaban J connectivity index is 2.72. The monoisotopic (exact) mass is 155 g/mol. The van der Waals surface area contributed by atoms with E-state index in [1.165, 1.54) is 0 Å². The Morgan fingerprint density at radius 3 is 2.73 bits per heavy atom. The maximum absolute atomic E-state index is 11.4. The van der Waals surface area contributed by atoms with Crippen LogP contribution in [-0.2, 0) is 9.59 Å². The van der Waals surface area contributed by atoms with E-state index in [4.69, 9.17) is 0 Å². The van der Waals surface area contributed by atoms with Crippen molar-refractivity contribution in [3.8, 4) is 0 Å². The molecule has 0 bridgehead atoms. The first-order valence-electron chi connectivity index (χ1n) is 3.79. The van der Waals surface area contributed by atoms with E-state index in [9.17, 15) is 9.59 Å². The highest BCUT2D eigenvalue weighted by Gasteiger charge is 2.40. The van der Waals surface area contributed by atoms with Gasteiger partial charge in [0.25, 0.3) is 0 Å². The highest BCUT2D eigenvalue weighted by Crippen LogP contribution is 2.32. The van der Waals surface area contributed by atoms with E-state index in [-0.39, 0.29) is 5.91 Å². The summed E-state index contributed by atoms with van der Waals surface area (Å²) in [6.45, 7) is 2.64. The van der Waals surface area contributed by atoms with Crippen molar-refractivity contribution in [3.63, 3.8) is 0 Å².